The Morgan fingerprint density at radius 3 is 2.62 bits per heavy atom. The molecule has 0 amide bonds. The Labute approximate surface area is 122 Å². The van der Waals surface area contributed by atoms with Crippen LogP contribution in [0.25, 0.3) is 0 Å². The van der Waals surface area contributed by atoms with Crippen molar-refractivity contribution >= 4 is 5.97 Å². The van der Waals surface area contributed by atoms with E-state index in [1.165, 1.54) is 25.8 Å². The minimum absolute atomic E-state index is 0.103. The molecular formula is C14H17N3O4. The number of hydrogen-bond donors (Lipinski definition) is 1. The molecule has 0 saturated heterocycles. The van der Waals surface area contributed by atoms with Gasteiger partial charge in [0.05, 0.1) is 13.2 Å². The number of aliphatic hydroxyl groups excluding tert-OH is 1. The summed E-state index contributed by atoms with van der Waals surface area (Å²) < 4.78 is 10.4. The largest absolute Gasteiger partial charge is 0.493 e. The van der Waals surface area contributed by atoms with Crippen LogP contribution in [0.1, 0.15) is 19.7 Å². The van der Waals surface area contributed by atoms with Crippen LogP contribution < -0.4 is 0 Å². The maximum atomic E-state index is 12.3. The van der Waals surface area contributed by atoms with Gasteiger partial charge in [0.15, 0.2) is 11.2 Å². The average Bonchev–Trinajstić information content (AvgIpc) is 2.49. The lowest BCUT2D eigenvalue weighted by Gasteiger charge is -2.34. The standard InChI is InChI=1S/C14H17N3O4/c1-9(2)21-10-5-4-6-14(11(10)18,13(19)20-3)12-16-7-15-8-17-12/h4-9,11,18H,1-3H3. The third-order valence-electron chi connectivity index (χ3n) is 3.08. The molecule has 2 rings (SSSR count). The average molecular weight is 291 g/mol. The van der Waals surface area contributed by atoms with Gasteiger partial charge in [0.1, 0.15) is 24.5 Å². The molecule has 1 aromatic rings. The minimum Gasteiger partial charge on any atom is -0.493 e. The van der Waals surface area contributed by atoms with E-state index >= 15 is 0 Å². The summed E-state index contributed by atoms with van der Waals surface area (Å²) in [5.74, 6) is -0.306. The van der Waals surface area contributed by atoms with E-state index in [0.717, 1.165) is 0 Å². The van der Waals surface area contributed by atoms with E-state index < -0.39 is 17.5 Å². The number of hydrogen-bond acceptors (Lipinski definition) is 7. The first kappa shape index (κ1) is 15.1. The van der Waals surface area contributed by atoms with E-state index in [1.807, 2.05) is 13.8 Å². The van der Waals surface area contributed by atoms with E-state index in [1.54, 1.807) is 12.2 Å². The zero-order chi connectivity index (χ0) is 15.5. The van der Waals surface area contributed by atoms with Crippen LogP contribution in [0.4, 0.5) is 0 Å². The van der Waals surface area contributed by atoms with Gasteiger partial charge in [-0.3, -0.25) is 4.79 Å². The molecule has 1 aromatic heterocycles. The molecule has 0 aromatic carbocycles. The van der Waals surface area contributed by atoms with Gasteiger partial charge in [-0.05, 0) is 19.9 Å². The van der Waals surface area contributed by atoms with Crippen molar-refractivity contribution in [1.29, 1.82) is 0 Å². The van der Waals surface area contributed by atoms with E-state index in [4.69, 9.17) is 9.47 Å². The predicted octanol–water partition coefficient (Wildman–Crippen LogP) is 0.522. The molecule has 1 aliphatic rings. The second kappa shape index (κ2) is 6.01. The smallest absolute Gasteiger partial charge is 0.326 e. The fourth-order valence-electron chi connectivity index (χ4n) is 2.17. The molecule has 2 unspecified atom stereocenters. The molecule has 21 heavy (non-hydrogen) atoms. The summed E-state index contributed by atoms with van der Waals surface area (Å²) in [7, 11) is 1.24. The van der Waals surface area contributed by atoms with E-state index in [-0.39, 0.29) is 17.7 Å². The van der Waals surface area contributed by atoms with Gasteiger partial charge in [0, 0.05) is 0 Å². The third kappa shape index (κ3) is 2.64. The van der Waals surface area contributed by atoms with Gasteiger partial charge in [-0.2, -0.15) is 0 Å². The monoisotopic (exact) mass is 291 g/mol. The molecule has 7 nitrogen and oxygen atoms in total. The van der Waals surface area contributed by atoms with Gasteiger partial charge in [-0.1, -0.05) is 12.2 Å². The number of methoxy groups -OCH3 is 1. The van der Waals surface area contributed by atoms with Crippen LogP contribution in [-0.4, -0.2) is 45.3 Å². The summed E-state index contributed by atoms with van der Waals surface area (Å²) in [4.78, 5) is 24.0. The van der Waals surface area contributed by atoms with Crippen LogP contribution in [0.5, 0.6) is 0 Å². The number of allylic oxidation sites excluding steroid dienone is 2. The van der Waals surface area contributed by atoms with Gasteiger partial charge >= 0.3 is 5.97 Å². The fourth-order valence-corrected chi connectivity index (χ4v) is 2.17. The lowest BCUT2D eigenvalue weighted by molar-refractivity contribution is -0.150. The zero-order valence-electron chi connectivity index (χ0n) is 12.1. The molecule has 1 heterocycles. The van der Waals surface area contributed by atoms with Crippen molar-refractivity contribution in [3.63, 3.8) is 0 Å². The number of carbonyl (C=O) groups is 1. The maximum Gasteiger partial charge on any atom is 0.326 e. The molecule has 0 aliphatic heterocycles. The second-order valence-electron chi connectivity index (χ2n) is 4.82. The van der Waals surface area contributed by atoms with Gasteiger partial charge in [-0.25, -0.2) is 15.0 Å². The topological polar surface area (TPSA) is 94.4 Å². The Morgan fingerprint density at radius 1 is 1.38 bits per heavy atom. The summed E-state index contributed by atoms with van der Waals surface area (Å²) in [5, 5.41) is 10.6. The highest BCUT2D eigenvalue weighted by atomic mass is 16.5. The highest BCUT2D eigenvalue weighted by molar-refractivity contribution is 5.86. The lowest BCUT2D eigenvalue weighted by atomic mass is 9.77. The summed E-state index contributed by atoms with van der Waals surface area (Å²) in [6.07, 6.45) is 5.82. The van der Waals surface area contributed by atoms with Crippen molar-refractivity contribution in [2.75, 3.05) is 7.11 Å². The summed E-state index contributed by atoms with van der Waals surface area (Å²) in [6, 6.07) is 0. The van der Waals surface area contributed by atoms with Crippen molar-refractivity contribution < 1.29 is 19.4 Å². The Morgan fingerprint density at radius 2 is 2.05 bits per heavy atom. The molecule has 0 fully saturated rings. The van der Waals surface area contributed by atoms with E-state index in [0.29, 0.717) is 0 Å². The van der Waals surface area contributed by atoms with Crippen LogP contribution in [0.2, 0.25) is 0 Å². The molecule has 2 atom stereocenters. The Kier molecular flexibility index (Phi) is 4.32. The highest BCUT2D eigenvalue weighted by Crippen LogP contribution is 2.36. The Bertz CT molecular complexity index is 571. The number of esters is 1. The molecule has 1 N–H and O–H groups in total. The second-order valence-corrected chi connectivity index (χ2v) is 4.82. The molecule has 0 radical (unpaired) electrons. The molecule has 0 spiro atoms. The number of aliphatic hydroxyl groups is 1. The van der Waals surface area contributed by atoms with Crippen LogP contribution in [0.3, 0.4) is 0 Å². The SMILES string of the molecule is COC(=O)C1(c2ncncn2)C=CC=C(OC(C)C)C1O. The molecular weight excluding hydrogens is 274 g/mol. The first-order chi connectivity index (χ1) is 10.0. The van der Waals surface area contributed by atoms with Crippen molar-refractivity contribution in [1.82, 2.24) is 15.0 Å². The molecule has 1 aliphatic carbocycles. The number of aromatic nitrogens is 3. The van der Waals surface area contributed by atoms with Crippen LogP contribution in [-0.2, 0) is 19.7 Å². The summed E-state index contributed by atoms with van der Waals surface area (Å²) in [6.45, 7) is 3.66. The normalized spacial score (nSPS) is 24.6. The Balaban J connectivity index is 2.50. The number of rotatable bonds is 4. The van der Waals surface area contributed by atoms with E-state index in [2.05, 4.69) is 15.0 Å². The molecule has 112 valence electrons. The highest BCUT2D eigenvalue weighted by Gasteiger charge is 2.52. The fraction of sp³-hybridized carbons (Fsp3) is 0.429. The molecule has 0 saturated carbocycles. The van der Waals surface area contributed by atoms with Crippen LogP contribution in [0, 0.1) is 0 Å². The van der Waals surface area contributed by atoms with Gasteiger partial charge in [0.25, 0.3) is 0 Å². The number of carbonyl (C=O) groups excluding carboxylic acids is 1. The Hall–Kier alpha value is -2.28. The van der Waals surface area contributed by atoms with Gasteiger partial charge in [0.2, 0.25) is 0 Å². The van der Waals surface area contributed by atoms with Crippen molar-refractivity contribution in [3.8, 4) is 0 Å². The predicted molar refractivity (Wildman–Crippen MR) is 73.0 cm³/mol. The first-order valence-corrected chi connectivity index (χ1v) is 6.47. The van der Waals surface area contributed by atoms with E-state index in [9.17, 15) is 9.90 Å². The summed E-state index contributed by atoms with van der Waals surface area (Å²) >= 11 is 0. The van der Waals surface area contributed by atoms with Crippen molar-refractivity contribution in [3.05, 3.63) is 42.5 Å². The first-order valence-electron chi connectivity index (χ1n) is 6.47. The van der Waals surface area contributed by atoms with Crippen molar-refractivity contribution in [2.24, 2.45) is 0 Å². The quantitative estimate of drug-likeness (QED) is 0.808. The van der Waals surface area contributed by atoms with Crippen LogP contribution >= 0.6 is 0 Å². The summed E-state index contributed by atoms with van der Waals surface area (Å²) in [5.41, 5.74) is -1.54. The van der Waals surface area contributed by atoms with Crippen LogP contribution in [0.15, 0.2) is 36.6 Å². The van der Waals surface area contributed by atoms with Crippen molar-refractivity contribution in [2.45, 2.75) is 31.5 Å². The third-order valence-corrected chi connectivity index (χ3v) is 3.08. The van der Waals surface area contributed by atoms with Gasteiger partial charge in [-0.15, -0.1) is 0 Å². The lowest BCUT2D eigenvalue weighted by Crippen LogP contribution is -2.49. The maximum absolute atomic E-state index is 12.3. The number of nitrogens with zero attached hydrogens (tertiary/aromatic N) is 3. The minimum atomic E-state index is -1.54. The molecule has 7 heteroatoms. The zero-order valence-corrected chi connectivity index (χ0v) is 12.1. The molecule has 0 bridgehead atoms. The van der Waals surface area contributed by atoms with Gasteiger partial charge < -0.3 is 14.6 Å². The number of ether oxygens (including phenoxy) is 2.